The lowest BCUT2D eigenvalue weighted by atomic mass is 10.2. The number of rotatable bonds is 9. The second kappa shape index (κ2) is 9.60. The first-order chi connectivity index (χ1) is 8.52. The first kappa shape index (κ1) is 16.6. The van der Waals surface area contributed by atoms with Gasteiger partial charge < -0.3 is 31.1 Å². The van der Waals surface area contributed by atoms with Gasteiger partial charge in [0.2, 0.25) is 5.91 Å². The summed E-state index contributed by atoms with van der Waals surface area (Å²) >= 11 is 0. The van der Waals surface area contributed by atoms with Gasteiger partial charge in [0.1, 0.15) is 18.9 Å². The molecule has 0 heterocycles. The van der Waals surface area contributed by atoms with Gasteiger partial charge in [0, 0.05) is 5.57 Å². The monoisotopic (exact) mass is 260 g/mol. The highest BCUT2D eigenvalue weighted by Crippen LogP contribution is 1.97. The van der Waals surface area contributed by atoms with E-state index in [4.69, 9.17) is 20.7 Å². The van der Waals surface area contributed by atoms with Crippen LogP contribution >= 0.6 is 0 Å². The van der Waals surface area contributed by atoms with E-state index in [2.05, 4.69) is 5.32 Å². The summed E-state index contributed by atoms with van der Waals surface area (Å²) in [5, 5.41) is 29.5. The molecule has 0 aromatic rings. The standard InChI is InChI=1S/C11H20N2O5/c1-8(11(12)17)3-2-4-13-7-18-10(6-15)9(16)5-14/h2-4,9-10,13-16H,5-7H2,1H3,(H2,12,17)/b4-2-,8-3+/t9-,10?/m1/s1. The first-order valence-electron chi connectivity index (χ1n) is 5.41. The maximum atomic E-state index is 10.7. The van der Waals surface area contributed by atoms with Crippen molar-refractivity contribution in [3.05, 3.63) is 23.9 Å². The van der Waals surface area contributed by atoms with Gasteiger partial charge in [-0.25, -0.2) is 0 Å². The van der Waals surface area contributed by atoms with Crippen molar-refractivity contribution >= 4 is 5.91 Å². The molecule has 104 valence electrons. The van der Waals surface area contributed by atoms with Crippen molar-refractivity contribution in [1.82, 2.24) is 5.32 Å². The van der Waals surface area contributed by atoms with Crippen molar-refractivity contribution in [2.24, 2.45) is 5.73 Å². The maximum Gasteiger partial charge on any atom is 0.244 e. The topological polar surface area (TPSA) is 125 Å². The summed E-state index contributed by atoms with van der Waals surface area (Å²) in [4.78, 5) is 10.7. The molecule has 1 unspecified atom stereocenters. The molecular formula is C11H20N2O5. The molecule has 0 bridgehead atoms. The van der Waals surface area contributed by atoms with Crippen LogP contribution < -0.4 is 11.1 Å². The van der Waals surface area contributed by atoms with Crippen molar-refractivity contribution in [3.63, 3.8) is 0 Å². The SMILES string of the molecule is C/C(=C\C=C/NCOC(CO)[C@H](O)CO)C(N)=O. The lowest BCUT2D eigenvalue weighted by Crippen LogP contribution is -2.36. The molecule has 7 heteroatoms. The number of hydrogen-bond acceptors (Lipinski definition) is 6. The smallest absolute Gasteiger partial charge is 0.244 e. The predicted molar refractivity (Wildman–Crippen MR) is 65.1 cm³/mol. The quantitative estimate of drug-likeness (QED) is 0.144. The Labute approximate surface area is 106 Å². The van der Waals surface area contributed by atoms with E-state index in [0.29, 0.717) is 5.57 Å². The van der Waals surface area contributed by atoms with Gasteiger partial charge in [0.05, 0.1) is 13.2 Å². The molecule has 0 rings (SSSR count). The van der Waals surface area contributed by atoms with Crippen LogP contribution in [0, 0.1) is 0 Å². The fourth-order valence-electron chi connectivity index (χ4n) is 0.949. The van der Waals surface area contributed by atoms with Crippen LogP contribution in [-0.4, -0.2) is 53.4 Å². The summed E-state index contributed by atoms with van der Waals surface area (Å²) in [5.74, 6) is -0.498. The fourth-order valence-corrected chi connectivity index (χ4v) is 0.949. The summed E-state index contributed by atoms with van der Waals surface area (Å²) in [6.45, 7) is 0.750. The minimum atomic E-state index is -1.13. The Balaban J connectivity index is 3.88. The maximum absolute atomic E-state index is 10.7. The van der Waals surface area contributed by atoms with E-state index in [-0.39, 0.29) is 6.73 Å². The van der Waals surface area contributed by atoms with Crippen molar-refractivity contribution in [2.75, 3.05) is 19.9 Å². The molecule has 6 N–H and O–H groups in total. The molecule has 0 aliphatic rings. The second-order valence-corrected chi connectivity index (χ2v) is 3.56. The van der Waals surface area contributed by atoms with Crippen molar-refractivity contribution < 1.29 is 24.9 Å². The molecule has 18 heavy (non-hydrogen) atoms. The Morgan fingerprint density at radius 2 is 2.11 bits per heavy atom. The number of aliphatic hydroxyl groups is 3. The van der Waals surface area contributed by atoms with Gasteiger partial charge in [0.15, 0.2) is 0 Å². The third kappa shape index (κ3) is 7.02. The van der Waals surface area contributed by atoms with Crippen LogP contribution in [0.2, 0.25) is 0 Å². The van der Waals surface area contributed by atoms with E-state index >= 15 is 0 Å². The lowest BCUT2D eigenvalue weighted by molar-refractivity contribution is -0.114. The number of nitrogens with two attached hydrogens (primary N) is 1. The van der Waals surface area contributed by atoms with E-state index in [1.807, 2.05) is 0 Å². The first-order valence-corrected chi connectivity index (χ1v) is 5.41. The molecule has 0 saturated carbocycles. The molecule has 7 nitrogen and oxygen atoms in total. The summed E-state index contributed by atoms with van der Waals surface area (Å²) in [6, 6.07) is 0. The Hall–Kier alpha value is -1.41. The average Bonchev–Trinajstić information content (AvgIpc) is 2.36. The van der Waals surface area contributed by atoms with Crippen LogP contribution in [0.1, 0.15) is 6.92 Å². The molecule has 1 amide bonds. The number of amides is 1. The number of primary amides is 1. The van der Waals surface area contributed by atoms with E-state index in [0.717, 1.165) is 0 Å². The van der Waals surface area contributed by atoms with Gasteiger partial charge in [-0.1, -0.05) is 6.08 Å². The van der Waals surface area contributed by atoms with E-state index in [1.54, 1.807) is 13.0 Å². The van der Waals surface area contributed by atoms with Gasteiger partial charge in [0.25, 0.3) is 0 Å². The Bertz CT molecular complexity index is 304. The second-order valence-electron chi connectivity index (χ2n) is 3.56. The number of ether oxygens (including phenoxy) is 1. The van der Waals surface area contributed by atoms with Gasteiger partial charge >= 0.3 is 0 Å². The summed E-state index contributed by atoms with van der Waals surface area (Å²) < 4.78 is 5.06. The van der Waals surface area contributed by atoms with Crippen molar-refractivity contribution in [1.29, 1.82) is 0 Å². The zero-order valence-electron chi connectivity index (χ0n) is 10.2. The molecular weight excluding hydrogens is 240 g/mol. The average molecular weight is 260 g/mol. The van der Waals surface area contributed by atoms with Crippen LogP contribution in [0.5, 0.6) is 0 Å². The Morgan fingerprint density at radius 1 is 1.44 bits per heavy atom. The molecule has 0 spiro atoms. The number of carbonyl (C=O) groups excluding carboxylic acids is 1. The van der Waals surface area contributed by atoms with E-state index < -0.39 is 31.3 Å². The Kier molecular flexibility index (Phi) is 8.85. The van der Waals surface area contributed by atoms with Crippen LogP contribution in [0.4, 0.5) is 0 Å². The highest BCUT2D eigenvalue weighted by Gasteiger charge is 2.17. The van der Waals surface area contributed by atoms with Gasteiger partial charge in [-0.2, -0.15) is 0 Å². The normalized spacial score (nSPS) is 15.7. The number of allylic oxidation sites excluding steroid dienone is 2. The van der Waals surface area contributed by atoms with Crippen LogP contribution in [0.3, 0.4) is 0 Å². The molecule has 2 atom stereocenters. The minimum Gasteiger partial charge on any atom is -0.394 e. The zero-order valence-corrected chi connectivity index (χ0v) is 10.2. The van der Waals surface area contributed by atoms with Crippen LogP contribution in [0.15, 0.2) is 23.9 Å². The summed E-state index contributed by atoms with van der Waals surface area (Å²) in [7, 11) is 0. The summed E-state index contributed by atoms with van der Waals surface area (Å²) in [6.07, 6.45) is 2.64. The van der Waals surface area contributed by atoms with Gasteiger partial charge in [-0.3, -0.25) is 4.79 Å². The molecule has 0 fully saturated rings. The van der Waals surface area contributed by atoms with Crippen molar-refractivity contribution in [2.45, 2.75) is 19.1 Å². The molecule has 0 aromatic heterocycles. The van der Waals surface area contributed by atoms with Gasteiger partial charge in [-0.15, -0.1) is 0 Å². The van der Waals surface area contributed by atoms with Crippen molar-refractivity contribution in [3.8, 4) is 0 Å². The van der Waals surface area contributed by atoms with E-state index in [9.17, 15) is 9.90 Å². The molecule has 0 saturated heterocycles. The number of aliphatic hydroxyl groups excluding tert-OH is 3. The third-order valence-corrected chi connectivity index (χ3v) is 2.13. The number of carbonyl (C=O) groups is 1. The third-order valence-electron chi connectivity index (χ3n) is 2.13. The molecule has 0 radical (unpaired) electrons. The highest BCUT2D eigenvalue weighted by atomic mass is 16.5. The van der Waals surface area contributed by atoms with Crippen LogP contribution in [-0.2, 0) is 9.53 Å². The fraction of sp³-hybridized carbons (Fsp3) is 0.545. The molecule has 0 aliphatic heterocycles. The van der Waals surface area contributed by atoms with Gasteiger partial charge in [-0.05, 0) is 19.2 Å². The zero-order chi connectivity index (χ0) is 14.0. The predicted octanol–water partition coefficient (Wildman–Crippen LogP) is -1.79. The van der Waals surface area contributed by atoms with Crippen LogP contribution in [0.25, 0.3) is 0 Å². The number of hydrogen-bond donors (Lipinski definition) is 5. The highest BCUT2D eigenvalue weighted by molar-refractivity contribution is 5.91. The molecule has 0 aliphatic carbocycles. The number of nitrogens with one attached hydrogen (secondary N) is 1. The Morgan fingerprint density at radius 3 is 2.61 bits per heavy atom. The van der Waals surface area contributed by atoms with E-state index in [1.165, 1.54) is 12.3 Å². The molecule has 0 aromatic carbocycles. The lowest BCUT2D eigenvalue weighted by Gasteiger charge is -2.19. The largest absolute Gasteiger partial charge is 0.394 e. The minimum absolute atomic E-state index is 0.0439. The summed E-state index contributed by atoms with van der Waals surface area (Å²) in [5.41, 5.74) is 5.43.